The average Bonchev–Trinajstić information content (AvgIpc) is 2.75. The fraction of sp³-hybridized carbons (Fsp3) is 0.538. The van der Waals surface area contributed by atoms with Gasteiger partial charge in [-0.25, -0.2) is 0 Å². The van der Waals surface area contributed by atoms with Crippen LogP contribution in [0.15, 0.2) is 22.7 Å². The molecule has 4 heteroatoms. The van der Waals surface area contributed by atoms with Crippen LogP contribution in [-0.2, 0) is 4.74 Å². The van der Waals surface area contributed by atoms with Gasteiger partial charge in [0.25, 0.3) is 0 Å². The number of rotatable bonds is 3. The van der Waals surface area contributed by atoms with Crippen molar-refractivity contribution in [1.82, 2.24) is 0 Å². The molecule has 0 spiro atoms. The van der Waals surface area contributed by atoms with Crippen LogP contribution in [0.1, 0.15) is 30.7 Å². The lowest BCUT2D eigenvalue weighted by Crippen LogP contribution is -2.15. The highest BCUT2D eigenvalue weighted by molar-refractivity contribution is 9.10. The van der Waals surface area contributed by atoms with Gasteiger partial charge in [0.05, 0.1) is 24.7 Å². The molecule has 0 radical (unpaired) electrons. The summed E-state index contributed by atoms with van der Waals surface area (Å²) in [7, 11) is 1.66. The molecule has 1 aromatic rings. The molecule has 2 nitrogen and oxygen atoms in total. The molecule has 3 unspecified atom stereocenters. The largest absolute Gasteiger partial charge is 0.496 e. The van der Waals surface area contributed by atoms with Crippen molar-refractivity contribution in [3.05, 3.63) is 28.2 Å². The van der Waals surface area contributed by atoms with Crippen molar-refractivity contribution in [3.8, 4) is 5.75 Å². The first kappa shape index (κ1) is 13.2. The molecular weight excluding hydrogens is 303 g/mol. The molecule has 1 aromatic carbocycles. The van der Waals surface area contributed by atoms with Crippen molar-refractivity contribution in [3.63, 3.8) is 0 Å². The number of hydrogen-bond acceptors (Lipinski definition) is 2. The van der Waals surface area contributed by atoms with Crippen LogP contribution in [0.2, 0.25) is 0 Å². The minimum Gasteiger partial charge on any atom is -0.496 e. The maximum Gasteiger partial charge on any atom is 0.123 e. The Labute approximate surface area is 115 Å². The van der Waals surface area contributed by atoms with Crippen molar-refractivity contribution in [2.45, 2.75) is 37.4 Å². The summed E-state index contributed by atoms with van der Waals surface area (Å²) in [5, 5.41) is -0.160. The molecular formula is C13H16BrClO2. The molecule has 1 aliphatic heterocycles. The Morgan fingerprint density at radius 1 is 1.47 bits per heavy atom. The van der Waals surface area contributed by atoms with Crippen molar-refractivity contribution in [2.24, 2.45) is 0 Å². The molecule has 0 N–H and O–H groups in total. The molecule has 17 heavy (non-hydrogen) atoms. The number of ether oxygens (including phenoxy) is 2. The van der Waals surface area contributed by atoms with Gasteiger partial charge in [-0.3, -0.25) is 0 Å². The van der Waals surface area contributed by atoms with E-state index in [4.69, 9.17) is 21.1 Å². The SMILES string of the molecule is COc1ccc(Br)cc1C(Cl)C1CCC(C)O1. The fourth-order valence-corrected chi connectivity index (χ4v) is 2.90. The molecule has 2 rings (SSSR count). The van der Waals surface area contributed by atoms with E-state index in [1.165, 1.54) is 0 Å². The van der Waals surface area contributed by atoms with Crippen molar-refractivity contribution < 1.29 is 9.47 Å². The number of benzene rings is 1. The highest BCUT2D eigenvalue weighted by Gasteiger charge is 2.31. The van der Waals surface area contributed by atoms with E-state index in [0.717, 1.165) is 28.6 Å². The van der Waals surface area contributed by atoms with Crippen LogP contribution < -0.4 is 4.74 Å². The lowest BCUT2D eigenvalue weighted by atomic mass is 10.0. The number of hydrogen-bond donors (Lipinski definition) is 0. The Morgan fingerprint density at radius 3 is 2.82 bits per heavy atom. The highest BCUT2D eigenvalue weighted by atomic mass is 79.9. The first-order chi connectivity index (χ1) is 8.11. The van der Waals surface area contributed by atoms with Gasteiger partial charge in [-0.05, 0) is 38.0 Å². The topological polar surface area (TPSA) is 18.5 Å². The van der Waals surface area contributed by atoms with Crippen LogP contribution >= 0.6 is 27.5 Å². The molecule has 0 amide bonds. The van der Waals surface area contributed by atoms with E-state index in [9.17, 15) is 0 Å². The van der Waals surface area contributed by atoms with Gasteiger partial charge < -0.3 is 9.47 Å². The number of alkyl halides is 1. The zero-order chi connectivity index (χ0) is 12.4. The van der Waals surface area contributed by atoms with Gasteiger partial charge in [-0.2, -0.15) is 0 Å². The standard InChI is InChI=1S/C13H16BrClO2/c1-8-3-5-12(17-8)13(15)10-7-9(14)4-6-11(10)16-2/h4,6-8,12-13H,3,5H2,1-2H3. The molecule has 0 saturated carbocycles. The molecule has 0 aliphatic carbocycles. The Bertz CT molecular complexity index is 397. The van der Waals surface area contributed by atoms with Crippen LogP contribution in [0.3, 0.4) is 0 Å². The van der Waals surface area contributed by atoms with Gasteiger partial charge in [0, 0.05) is 10.0 Å². The van der Waals surface area contributed by atoms with Crippen LogP contribution in [0.25, 0.3) is 0 Å². The van der Waals surface area contributed by atoms with Crippen molar-refractivity contribution in [2.75, 3.05) is 7.11 Å². The first-order valence-electron chi connectivity index (χ1n) is 5.74. The third kappa shape index (κ3) is 2.95. The molecule has 1 fully saturated rings. The van der Waals surface area contributed by atoms with Gasteiger partial charge >= 0.3 is 0 Å². The Balaban J connectivity index is 2.23. The summed E-state index contributed by atoms with van der Waals surface area (Å²) in [5.74, 6) is 0.816. The molecule has 0 aromatic heterocycles. The van der Waals surface area contributed by atoms with E-state index in [0.29, 0.717) is 6.10 Å². The van der Waals surface area contributed by atoms with Gasteiger partial charge in [-0.1, -0.05) is 15.9 Å². The molecule has 94 valence electrons. The Morgan fingerprint density at radius 2 is 2.24 bits per heavy atom. The highest BCUT2D eigenvalue weighted by Crippen LogP contribution is 2.39. The fourth-order valence-electron chi connectivity index (χ4n) is 2.17. The minimum absolute atomic E-state index is 0.0786. The lowest BCUT2D eigenvalue weighted by molar-refractivity contribution is 0.0529. The van der Waals surface area contributed by atoms with E-state index in [-0.39, 0.29) is 11.5 Å². The summed E-state index contributed by atoms with van der Waals surface area (Å²) < 4.78 is 12.2. The van der Waals surface area contributed by atoms with Gasteiger partial charge in [-0.15, -0.1) is 11.6 Å². The normalized spacial score (nSPS) is 25.9. The summed E-state index contributed by atoms with van der Waals surface area (Å²) in [6, 6.07) is 5.88. The number of halogens is 2. The zero-order valence-electron chi connectivity index (χ0n) is 9.95. The van der Waals surface area contributed by atoms with Crippen molar-refractivity contribution >= 4 is 27.5 Å². The summed E-state index contributed by atoms with van der Waals surface area (Å²) in [5.41, 5.74) is 0.989. The summed E-state index contributed by atoms with van der Waals surface area (Å²) in [6.07, 6.45) is 2.46. The monoisotopic (exact) mass is 318 g/mol. The third-order valence-electron chi connectivity index (χ3n) is 3.08. The predicted octanol–water partition coefficient (Wildman–Crippen LogP) is 4.31. The second kappa shape index (κ2) is 5.59. The second-order valence-electron chi connectivity index (χ2n) is 4.35. The minimum atomic E-state index is -0.160. The Kier molecular flexibility index (Phi) is 4.34. The molecule has 1 aliphatic rings. The average molecular weight is 320 g/mol. The van der Waals surface area contributed by atoms with Crippen LogP contribution in [0.5, 0.6) is 5.75 Å². The lowest BCUT2D eigenvalue weighted by Gasteiger charge is -2.20. The summed E-state index contributed by atoms with van der Waals surface area (Å²) >= 11 is 9.97. The number of methoxy groups -OCH3 is 1. The molecule has 1 heterocycles. The van der Waals surface area contributed by atoms with E-state index < -0.39 is 0 Å². The molecule has 1 saturated heterocycles. The van der Waals surface area contributed by atoms with Crippen LogP contribution in [-0.4, -0.2) is 19.3 Å². The van der Waals surface area contributed by atoms with E-state index in [1.807, 2.05) is 18.2 Å². The van der Waals surface area contributed by atoms with Gasteiger partial charge in [0.1, 0.15) is 5.75 Å². The van der Waals surface area contributed by atoms with Crippen LogP contribution in [0, 0.1) is 0 Å². The predicted molar refractivity (Wildman–Crippen MR) is 72.9 cm³/mol. The quantitative estimate of drug-likeness (QED) is 0.773. The first-order valence-corrected chi connectivity index (χ1v) is 6.97. The third-order valence-corrected chi connectivity index (χ3v) is 4.09. The smallest absolute Gasteiger partial charge is 0.123 e. The summed E-state index contributed by atoms with van der Waals surface area (Å²) in [4.78, 5) is 0. The van der Waals surface area contributed by atoms with E-state index in [1.54, 1.807) is 7.11 Å². The second-order valence-corrected chi connectivity index (χ2v) is 5.74. The molecule has 0 bridgehead atoms. The van der Waals surface area contributed by atoms with Crippen LogP contribution in [0.4, 0.5) is 0 Å². The molecule has 3 atom stereocenters. The van der Waals surface area contributed by atoms with E-state index in [2.05, 4.69) is 22.9 Å². The van der Waals surface area contributed by atoms with Gasteiger partial charge in [0.2, 0.25) is 0 Å². The maximum absolute atomic E-state index is 6.51. The van der Waals surface area contributed by atoms with Gasteiger partial charge in [0.15, 0.2) is 0 Å². The maximum atomic E-state index is 6.51. The van der Waals surface area contributed by atoms with Crippen molar-refractivity contribution in [1.29, 1.82) is 0 Å². The summed E-state index contributed by atoms with van der Waals surface area (Å²) in [6.45, 7) is 2.09. The Hall–Kier alpha value is -0.250. The van der Waals surface area contributed by atoms with E-state index >= 15 is 0 Å². The zero-order valence-corrected chi connectivity index (χ0v) is 12.3.